The normalized spacial score (nSPS) is 12.5. The van der Waals surface area contributed by atoms with Crippen molar-refractivity contribution in [1.82, 2.24) is 25.4 Å². The molecule has 0 aliphatic rings. The SMILES string of the molecule is CCNC(COC)Cc1nc(-c2ncccn2)no1. The van der Waals surface area contributed by atoms with E-state index in [1.807, 2.05) is 6.92 Å². The molecule has 1 unspecified atom stereocenters. The second kappa shape index (κ2) is 6.91. The summed E-state index contributed by atoms with van der Waals surface area (Å²) in [5, 5.41) is 7.18. The molecule has 0 saturated carbocycles. The van der Waals surface area contributed by atoms with Crippen LogP contribution in [0.25, 0.3) is 11.6 Å². The van der Waals surface area contributed by atoms with Crippen LogP contribution in [0.2, 0.25) is 0 Å². The average molecular weight is 263 g/mol. The van der Waals surface area contributed by atoms with E-state index in [9.17, 15) is 0 Å². The Morgan fingerprint density at radius 2 is 2.11 bits per heavy atom. The van der Waals surface area contributed by atoms with Gasteiger partial charge in [0.2, 0.25) is 17.5 Å². The molecule has 0 fully saturated rings. The summed E-state index contributed by atoms with van der Waals surface area (Å²) >= 11 is 0. The predicted molar refractivity (Wildman–Crippen MR) is 68.4 cm³/mol. The zero-order chi connectivity index (χ0) is 13.5. The molecule has 2 aromatic heterocycles. The van der Waals surface area contributed by atoms with Gasteiger partial charge in [-0.3, -0.25) is 0 Å². The van der Waals surface area contributed by atoms with Gasteiger partial charge in [0.25, 0.3) is 0 Å². The molecule has 0 spiro atoms. The lowest BCUT2D eigenvalue weighted by molar-refractivity contribution is 0.162. The van der Waals surface area contributed by atoms with E-state index < -0.39 is 0 Å². The Balaban J connectivity index is 2.04. The molecule has 2 rings (SSSR count). The lowest BCUT2D eigenvalue weighted by Gasteiger charge is -2.14. The van der Waals surface area contributed by atoms with Gasteiger partial charge < -0.3 is 14.6 Å². The second-order valence-corrected chi connectivity index (χ2v) is 4.00. The van der Waals surface area contributed by atoms with Crippen molar-refractivity contribution < 1.29 is 9.26 Å². The lowest BCUT2D eigenvalue weighted by Crippen LogP contribution is -2.35. The van der Waals surface area contributed by atoms with E-state index in [1.165, 1.54) is 0 Å². The highest BCUT2D eigenvalue weighted by Crippen LogP contribution is 2.10. The first-order valence-corrected chi connectivity index (χ1v) is 6.15. The Hall–Kier alpha value is -1.86. The number of nitrogens with one attached hydrogen (secondary N) is 1. The van der Waals surface area contributed by atoms with E-state index >= 15 is 0 Å². The Labute approximate surface area is 111 Å². The van der Waals surface area contributed by atoms with Gasteiger partial charge in [-0.05, 0) is 12.6 Å². The maximum Gasteiger partial charge on any atom is 0.240 e. The van der Waals surface area contributed by atoms with E-state index in [1.54, 1.807) is 25.6 Å². The van der Waals surface area contributed by atoms with E-state index in [0.717, 1.165) is 6.54 Å². The Kier molecular flexibility index (Phi) is 4.93. The van der Waals surface area contributed by atoms with Crippen LogP contribution < -0.4 is 5.32 Å². The highest BCUT2D eigenvalue weighted by molar-refractivity contribution is 5.40. The van der Waals surface area contributed by atoms with Crippen molar-refractivity contribution in [2.24, 2.45) is 0 Å². The van der Waals surface area contributed by atoms with Gasteiger partial charge in [0.05, 0.1) is 6.61 Å². The second-order valence-electron chi connectivity index (χ2n) is 4.00. The van der Waals surface area contributed by atoms with Crippen molar-refractivity contribution in [2.75, 3.05) is 20.3 Å². The Morgan fingerprint density at radius 3 is 2.79 bits per heavy atom. The average Bonchev–Trinajstić information content (AvgIpc) is 2.89. The molecule has 7 nitrogen and oxygen atoms in total. The maximum absolute atomic E-state index is 5.21. The highest BCUT2D eigenvalue weighted by Gasteiger charge is 2.15. The lowest BCUT2D eigenvalue weighted by atomic mass is 10.2. The zero-order valence-corrected chi connectivity index (χ0v) is 11.0. The zero-order valence-electron chi connectivity index (χ0n) is 11.0. The van der Waals surface area contributed by atoms with Crippen LogP contribution in [0.4, 0.5) is 0 Å². The maximum atomic E-state index is 5.21. The summed E-state index contributed by atoms with van der Waals surface area (Å²) in [6.07, 6.45) is 3.90. The van der Waals surface area contributed by atoms with E-state index in [4.69, 9.17) is 9.26 Å². The number of ether oxygens (including phenoxy) is 1. The van der Waals surface area contributed by atoms with Gasteiger partial charge in [-0.2, -0.15) is 4.98 Å². The molecule has 19 heavy (non-hydrogen) atoms. The fraction of sp³-hybridized carbons (Fsp3) is 0.500. The minimum atomic E-state index is 0.153. The molecule has 1 atom stereocenters. The molecule has 0 radical (unpaired) electrons. The van der Waals surface area contributed by atoms with Crippen molar-refractivity contribution in [3.8, 4) is 11.6 Å². The van der Waals surface area contributed by atoms with Crippen LogP contribution in [0.3, 0.4) is 0 Å². The summed E-state index contributed by atoms with van der Waals surface area (Å²) in [5.74, 6) is 1.41. The molecular weight excluding hydrogens is 246 g/mol. The van der Waals surface area contributed by atoms with Gasteiger partial charge >= 0.3 is 0 Å². The number of likely N-dealkylation sites (N-methyl/N-ethyl adjacent to an activating group) is 1. The number of hydrogen-bond acceptors (Lipinski definition) is 7. The predicted octanol–water partition coefficient (Wildman–Crippen LogP) is 0.694. The third kappa shape index (κ3) is 3.80. The van der Waals surface area contributed by atoms with E-state index in [2.05, 4.69) is 25.4 Å². The van der Waals surface area contributed by atoms with Crippen molar-refractivity contribution in [3.05, 3.63) is 24.4 Å². The van der Waals surface area contributed by atoms with Crippen molar-refractivity contribution in [1.29, 1.82) is 0 Å². The molecule has 0 aliphatic heterocycles. The molecule has 0 bridgehead atoms. The molecule has 0 aromatic carbocycles. The Bertz CT molecular complexity index is 482. The summed E-state index contributed by atoms with van der Waals surface area (Å²) < 4.78 is 10.3. The highest BCUT2D eigenvalue weighted by atomic mass is 16.5. The summed E-state index contributed by atoms with van der Waals surface area (Å²) in [6.45, 7) is 3.49. The number of nitrogens with zero attached hydrogens (tertiary/aromatic N) is 4. The van der Waals surface area contributed by atoms with Crippen LogP contribution in [-0.2, 0) is 11.2 Å². The molecule has 0 aliphatic carbocycles. The first-order valence-electron chi connectivity index (χ1n) is 6.15. The fourth-order valence-electron chi connectivity index (χ4n) is 1.73. The number of rotatable bonds is 7. The largest absolute Gasteiger partial charge is 0.383 e. The molecule has 0 amide bonds. The Morgan fingerprint density at radius 1 is 1.32 bits per heavy atom. The van der Waals surface area contributed by atoms with Crippen LogP contribution >= 0.6 is 0 Å². The molecule has 2 aromatic rings. The minimum absolute atomic E-state index is 0.153. The first kappa shape index (κ1) is 13.6. The van der Waals surface area contributed by atoms with Gasteiger partial charge in [0.15, 0.2) is 0 Å². The van der Waals surface area contributed by atoms with Crippen LogP contribution in [0.15, 0.2) is 23.0 Å². The third-order valence-electron chi connectivity index (χ3n) is 2.52. The first-order chi connectivity index (χ1) is 9.33. The smallest absolute Gasteiger partial charge is 0.240 e. The summed E-state index contributed by atoms with van der Waals surface area (Å²) in [6, 6.07) is 1.89. The van der Waals surface area contributed by atoms with Crippen LogP contribution in [-0.4, -0.2) is 46.4 Å². The quantitative estimate of drug-likeness (QED) is 0.786. The third-order valence-corrected chi connectivity index (χ3v) is 2.52. The fourth-order valence-corrected chi connectivity index (χ4v) is 1.73. The van der Waals surface area contributed by atoms with Crippen LogP contribution in [0, 0.1) is 0 Å². The van der Waals surface area contributed by atoms with Crippen LogP contribution in [0.1, 0.15) is 12.8 Å². The standard InChI is InChI=1S/C12H17N5O2/c1-3-13-9(8-18-2)7-10-16-12(17-19-10)11-14-5-4-6-15-11/h4-6,9,13H,3,7-8H2,1-2H3. The number of hydrogen-bond donors (Lipinski definition) is 1. The molecule has 0 saturated heterocycles. The molecule has 7 heteroatoms. The van der Waals surface area contributed by atoms with Gasteiger partial charge in [0.1, 0.15) is 0 Å². The molecule has 1 N–H and O–H groups in total. The van der Waals surface area contributed by atoms with E-state index in [0.29, 0.717) is 30.6 Å². The monoisotopic (exact) mass is 263 g/mol. The van der Waals surface area contributed by atoms with Gasteiger partial charge in [0, 0.05) is 32.0 Å². The minimum Gasteiger partial charge on any atom is -0.383 e. The number of methoxy groups -OCH3 is 1. The summed E-state index contributed by atoms with van der Waals surface area (Å²) in [5.41, 5.74) is 0. The summed E-state index contributed by atoms with van der Waals surface area (Å²) in [7, 11) is 1.67. The summed E-state index contributed by atoms with van der Waals surface area (Å²) in [4.78, 5) is 12.4. The topological polar surface area (TPSA) is 86.0 Å². The van der Waals surface area contributed by atoms with Crippen LogP contribution in [0.5, 0.6) is 0 Å². The van der Waals surface area contributed by atoms with Gasteiger partial charge in [-0.1, -0.05) is 12.1 Å². The van der Waals surface area contributed by atoms with E-state index in [-0.39, 0.29) is 6.04 Å². The van der Waals surface area contributed by atoms with Crippen molar-refractivity contribution >= 4 is 0 Å². The van der Waals surface area contributed by atoms with Gasteiger partial charge in [-0.15, -0.1) is 0 Å². The molecular formula is C12H17N5O2. The van der Waals surface area contributed by atoms with Crippen molar-refractivity contribution in [3.63, 3.8) is 0 Å². The number of aromatic nitrogens is 4. The van der Waals surface area contributed by atoms with Crippen molar-refractivity contribution in [2.45, 2.75) is 19.4 Å². The molecule has 2 heterocycles. The molecule has 102 valence electrons. The van der Waals surface area contributed by atoms with Gasteiger partial charge in [-0.25, -0.2) is 9.97 Å².